The predicted octanol–water partition coefficient (Wildman–Crippen LogP) is 4.36. The summed E-state index contributed by atoms with van der Waals surface area (Å²) >= 11 is 0. The van der Waals surface area contributed by atoms with Crippen LogP contribution in [0.3, 0.4) is 0 Å². The highest BCUT2D eigenvalue weighted by Crippen LogP contribution is 2.17. The van der Waals surface area contributed by atoms with Gasteiger partial charge in [-0.15, -0.1) is 0 Å². The molecule has 2 nitrogen and oxygen atoms in total. The maximum Gasteiger partial charge on any atom is 0.220 e. The van der Waals surface area contributed by atoms with E-state index in [1.165, 1.54) is 36.0 Å². The van der Waals surface area contributed by atoms with Crippen molar-refractivity contribution in [2.24, 2.45) is 0 Å². The molecule has 0 aliphatic heterocycles. The van der Waals surface area contributed by atoms with Gasteiger partial charge in [-0.2, -0.15) is 0 Å². The molecule has 0 saturated heterocycles. The van der Waals surface area contributed by atoms with Crippen LogP contribution in [0.4, 0.5) is 0 Å². The van der Waals surface area contributed by atoms with E-state index in [9.17, 15) is 4.79 Å². The quantitative estimate of drug-likeness (QED) is 0.773. The number of benzene rings is 1. The van der Waals surface area contributed by atoms with Gasteiger partial charge in [0.15, 0.2) is 0 Å². The molecule has 2 heteroatoms. The van der Waals surface area contributed by atoms with Crippen LogP contribution in [-0.2, 0) is 11.2 Å². The third-order valence-electron chi connectivity index (χ3n) is 4.18. The zero-order chi connectivity index (χ0) is 15.1. The summed E-state index contributed by atoms with van der Waals surface area (Å²) in [6.45, 7) is 5.13. The normalized spacial score (nSPS) is 14.9. The highest BCUT2D eigenvalue weighted by atomic mass is 16.1. The van der Waals surface area contributed by atoms with Crippen molar-refractivity contribution in [2.45, 2.75) is 58.3 Å². The van der Waals surface area contributed by atoms with Gasteiger partial charge in [0.1, 0.15) is 0 Å². The number of hydrogen-bond acceptors (Lipinski definition) is 1. The van der Waals surface area contributed by atoms with Crippen LogP contribution in [0.1, 0.15) is 63.0 Å². The fraction of sp³-hybridized carbons (Fsp3) is 0.526. The molecule has 0 saturated carbocycles. The lowest BCUT2D eigenvalue weighted by molar-refractivity contribution is -0.120. The molecule has 0 spiro atoms. The third kappa shape index (κ3) is 5.37. The van der Waals surface area contributed by atoms with Gasteiger partial charge in [0, 0.05) is 13.0 Å². The number of allylic oxidation sites excluding steroid dienone is 1. The molecule has 2 rings (SSSR count). The van der Waals surface area contributed by atoms with E-state index in [2.05, 4.69) is 49.5 Å². The zero-order valence-corrected chi connectivity index (χ0v) is 13.3. The fourth-order valence-electron chi connectivity index (χ4n) is 2.69. The van der Waals surface area contributed by atoms with Gasteiger partial charge in [0.05, 0.1) is 0 Å². The standard InChI is InChI=1S/C19H27NO/c1-15(2)18-11-8-16(9-12-18)10-13-19(21)20-14-17-6-4-3-5-7-17/h6,8-9,11-12,15H,3-5,7,10,13-14H2,1-2H3,(H,20,21). The number of carbonyl (C=O) groups excluding carboxylic acids is 1. The molecule has 0 fully saturated rings. The summed E-state index contributed by atoms with van der Waals surface area (Å²) in [7, 11) is 0. The number of hydrogen-bond donors (Lipinski definition) is 1. The van der Waals surface area contributed by atoms with Crippen LogP contribution in [0.15, 0.2) is 35.9 Å². The first-order valence-corrected chi connectivity index (χ1v) is 8.18. The van der Waals surface area contributed by atoms with Crippen molar-refractivity contribution in [2.75, 3.05) is 6.54 Å². The van der Waals surface area contributed by atoms with Gasteiger partial charge in [-0.25, -0.2) is 0 Å². The first-order chi connectivity index (χ1) is 10.1. The minimum atomic E-state index is 0.161. The number of carbonyl (C=O) groups is 1. The van der Waals surface area contributed by atoms with Gasteiger partial charge in [-0.3, -0.25) is 4.79 Å². The molecule has 1 N–H and O–H groups in total. The SMILES string of the molecule is CC(C)c1ccc(CCC(=O)NCC2=CCCCC2)cc1. The second kappa shape index (κ2) is 8.02. The molecule has 0 radical (unpaired) electrons. The Morgan fingerprint density at radius 1 is 1.19 bits per heavy atom. The van der Waals surface area contributed by atoms with E-state index in [0.29, 0.717) is 12.3 Å². The molecule has 0 aromatic heterocycles. The van der Waals surface area contributed by atoms with Crippen molar-refractivity contribution in [1.82, 2.24) is 5.32 Å². The summed E-state index contributed by atoms with van der Waals surface area (Å²) in [6.07, 6.45) is 8.57. The van der Waals surface area contributed by atoms with E-state index < -0.39 is 0 Å². The fourth-order valence-corrected chi connectivity index (χ4v) is 2.69. The molecule has 1 aliphatic rings. The van der Waals surface area contributed by atoms with Crippen molar-refractivity contribution in [3.63, 3.8) is 0 Å². The second-order valence-corrected chi connectivity index (χ2v) is 6.28. The minimum absolute atomic E-state index is 0.161. The average molecular weight is 285 g/mol. The molecule has 0 heterocycles. The summed E-state index contributed by atoms with van der Waals surface area (Å²) < 4.78 is 0. The lowest BCUT2D eigenvalue weighted by Gasteiger charge is -2.13. The Bertz CT molecular complexity index is 485. The van der Waals surface area contributed by atoms with Crippen LogP contribution in [0.5, 0.6) is 0 Å². The molecule has 1 aromatic rings. The van der Waals surface area contributed by atoms with Crippen LogP contribution in [-0.4, -0.2) is 12.5 Å². The Kier molecular flexibility index (Phi) is 6.04. The topological polar surface area (TPSA) is 29.1 Å². The van der Waals surface area contributed by atoms with Crippen LogP contribution >= 0.6 is 0 Å². The highest BCUT2D eigenvalue weighted by Gasteiger charge is 2.07. The molecule has 114 valence electrons. The van der Waals surface area contributed by atoms with Gasteiger partial charge in [-0.1, -0.05) is 49.8 Å². The van der Waals surface area contributed by atoms with E-state index in [1.807, 2.05) is 0 Å². The molecule has 21 heavy (non-hydrogen) atoms. The Hall–Kier alpha value is -1.57. The lowest BCUT2D eigenvalue weighted by Crippen LogP contribution is -2.26. The Morgan fingerprint density at radius 3 is 2.57 bits per heavy atom. The summed E-state index contributed by atoms with van der Waals surface area (Å²) in [6, 6.07) is 8.63. The van der Waals surface area contributed by atoms with Crippen molar-refractivity contribution < 1.29 is 4.79 Å². The zero-order valence-electron chi connectivity index (χ0n) is 13.3. The number of amides is 1. The second-order valence-electron chi connectivity index (χ2n) is 6.28. The van der Waals surface area contributed by atoms with Crippen molar-refractivity contribution >= 4 is 5.91 Å². The summed E-state index contributed by atoms with van der Waals surface area (Å²) in [5, 5.41) is 3.05. The maximum atomic E-state index is 11.9. The molecule has 1 aliphatic carbocycles. The summed E-state index contributed by atoms with van der Waals surface area (Å²) in [5.41, 5.74) is 4.00. The van der Waals surface area contributed by atoms with Gasteiger partial charge < -0.3 is 5.32 Å². The maximum absolute atomic E-state index is 11.9. The highest BCUT2D eigenvalue weighted by molar-refractivity contribution is 5.76. The van der Waals surface area contributed by atoms with Crippen LogP contribution in [0.25, 0.3) is 0 Å². The molecular weight excluding hydrogens is 258 g/mol. The lowest BCUT2D eigenvalue weighted by atomic mass is 9.99. The monoisotopic (exact) mass is 285 g/mol. The van der Waals surface area contributed by atoms with Gasteiger partial charge >= 0.3 is 0 Å². The van der Waals surface area contributed by atoms with E-state index in [0.717, 1.165) is 19.4 Å². The Morgan fingerprint density at radius 2 is 1.95 bits per heavy atom. The summed E-state index contributed by atoms with van der Waals surface area (Å²) in [4.78, 5) is 11.9. The molecular formula is C19H27NO. The predicted molar refractivity (Wildman–Crippen MR) is 88.4 cm³/mol. The molecule has 1 aromatic carbocycles. The largest absolute Gasteiger partial charge is 0.352 e. The van der Waals surface area contributed by atoms with Gasteiger partial charge in [0.2, 0.25) is 5.91 Å². The van der Waals surface area contributed by atoms with Crippen LogP contribution in [0.2, 0.25) is 0 Å². The molecule has 0 atom stereocenters. The van der Waals surface area contributed by atoms with Crippen LogP contribution < -0.4 is 5.32 Å². The van der Waals surface area contributed by atoms with E-state index in [4.69, 9.17) is 0 Å². The minimum Gasteiger partial charge on any atom is -0.352 e. The number of rotatable bonds is 6. The smallest absolute Gasteiger partial charge is 0.220 e. The number of nitrogens with one attached hydrogen (secondary N) is 1. The van der Waals surface area contributed by atoms with Gasteiger partial charge in [-0.05, 0) is 49.1 Å². The molecule has 0 unspecified atom stereocenters. The Labute approximate surface area is 128 Å². The first kappa shape index (κ1) is 15.8. The van der Waals surface area contributed by atoms with E-state index in [1.54, 1.807) is 0 Å². The van der Waals surface area contributed by atoms with E-state index >= 15 is 0 Å². The number of aryl methyl sites for hydroxylation is 1. The van der Waals surface area contributed by atoms with Crippen LogP contribution in [0, 0.1) is 0 Å². The molecule has 0 bridgehead atoms. The van der Waals surface area contributed by atoms with E-state index in [-0.39, 0.29) is 5.91 Å². The Balaban J connectivity index is 1.72. The summed E-state index contributed by atoms with van der Waals surface area (Å²) in [5.74, 6) is 0.723. The average Bonchev–Trinajstić information content (AvgIpc) is 2.52. The van der Waals surface area contributed by atoms with Crippen molar-refractivity contribution in [1.29, 1.82) is 0 Å². The van der Waals surface area contributed by atoms with Crippen molar-refractivity contribution in [3.8, 4) is 0 Å². The van der Waals surface area contributed by atoms with Gasteiger partial charge in [0.25, 0.3) is 0 Å². The third-order valence-corrected chi connectivity index (χ3v) is 4.18. The first-order valence-electron chi connectivity index (χ1n) is 8.18. The van der Waals surface area contributed by atoms with Crippen molar-refractivity contribution in [3.05, 3.63) is 47.0 Å². The molecule has 1 amide bonds.